The van der Waals surface area contributed by atoms with E-state index < -0.39 is 15.9 Å². The van der Waals surface area contributed by atoms with Crippen LogP contribution in [0.2, 0.25) is 0 Å². The van der Waals surface area contributed by atoms with Crippen molar-refractivity contribution in [1.82, 2.24) is 14.1 Å². The molecule has 0 saturated carbocycles. The maximum Gasteiger partial charge on any atom is 0.276 e. The Morgan fingerprint density at radius 2 is 1.81 bits per heavy atom. The number of para-hydroxylation sites is 1. The summed E-state index contributed by atoms with van der Waals surface area (Å²) in [5.74, 6) is 0.351. The molecule has 0 aliphatic carbocycles. The minimum atomic E-state index is -3.58. The lowest BCUT2D eigenvalue weighted by Gasteiger charge is -2.26. The second-order valence-corrected chi connectivity index (χ2v) is 9.21. The quantitative estimate of drug-likeness (QED) is 0.586. The third kappa shape index (κ3) is 4.98. The molecule has 1 fully saturated rings. The fourth-order valence-electron chi connectivity index (χ4n) is 3.25. The Bertz CT molecular complexity index is 1190. The van der Waals surface area contributed by atoms with Crippen LogP contribution in [0.25, 0.3) is 0 Å². The largest absolute Gasteiger partial charge is 0.471 e. The average molecular weight is 457 g/mol. The van der Waals surface area contributed by atoms with Gasteiger partial charge in [0.15, 0.2) is 12.4 Å². The van der Waals surface area contributed by atoms with Crippen LogP contribution in [-0.4, -0.2) is 54.7 Å². The molecule has 0 spiro atoms. The third-order valence-corrected chi connectivity index (χ3v) is 6.95. The first-order valence-electron chi connectivity index (χ1n) is 10.1. The van der Waals surface area contributed by atoms with Crippen LogP contribution >= 0.6 is 0 Å². The van der Waals surface area contributed by atoms with E-state index >= 15 is 0 Å². The number of amides is 1. The highest BCUT2D eigenvalue weighted by molar-refractivity contribution is 7.89. The molecule has 1 saturated heterocycles. The molecule has 3 aromatic rings. The lowest BCUT2D eigenvalue weighted by atomic mass is 10.2. The zero-order chi connectivity index (χ0) is 22.6. The topological polar surface area (TPSA) is 103 Å². The number of benzene rings is 2. The van der Waals surface area contributed by atoms with E-state index in [1.807, 2.05) is 31.2 Å². The van der Waals surface area contributed by atoms with Gasteiger partial charge < -0.3 is 14.8 Å². The summed E-state index contributed by atoms with van der Waals surface area (Å²) in [6.07, 6.45) is 1.66. The van der Waals surface area contributed by atoms with Crippen molar-refractivity contribution in [2.24, 2.45) is 0 Å². The van der Waals surface area contributed by atoms with Crippen molar-refractivity contribution in [2.45, 2.75) is 18.6 Å². The molecular formula is C22H24N4O5S. The molecule has 0 atom stereocenters. The van der Waals surface area contributed by atoms with Crippen LogP contribution in [0.3, 0.4) is 0 Å². The second kappa shape index (κ2) is 9.51. The van der Waals surface area contributed by atoms with Gasteiger partial charge in [-0.05, 0) is 48.9 Å². The van der Waals surface area contributed by atoms with Gasteiger partial charge in [0.05, 0.1) is 18.1 Å². The third-order valence-electron chi connectivity index (χ3n) is 5.04. The molecule has 2 heterocycles. The molecule has 1 aliphatic heterocycles. The van der Waals surface area contributed by atoms with Crippen molar-refractivity contribution >= 4 is 21.6 Å². The Kier molecular flexibility index (Phi) is 6.54. The highest BCUT2D eigenvalue weighted by Gasteiger charge is 2.26. The first-order chi connectivity index (χ1) is 15.4. The number of hydrogen-bond donors (Lipinski definition) is 1. The minimum absolute atomic E-state index is 0.173. The van der Waals surface area contributed by atoms with E-state index in [2.05, 4.69) is 10.4 Å². The Balaban J connectivity index is 1.36. The van der Waals surface area contributed by atoms with Crippen LogP contribution in [0.15, 0.2) is 65.7 Å². The monoisotopic (exact) mass is 456 g/mol. The maximum absolute atomic E-state index is 12.7. The van der Waals surface area contributed by atoms with E-state index in [9.17, 15) is 13.2 Å². The van der Waals surface area contributed by atoms with Crippen LogP contribution in [0.4, 0.5) is 5.69 Å². The summed E-state index contributed by atoms with van der Waals surface area (Å²) in [6.45, 7) is 3.56. The van der Waals surface area contributed by atoms with E-state index in [1.54, 1.807) is 24.4 Å². The molecule has 4 rings (SSSR count). The van der Waals surface area contributed by atoms with Crippen molar-refractivity contribution < 1.29 is 22.7 Å². The molecule has 32 heavy (non-hydrogen) atoms. The van der Waals surface area contributed by atoms with Gasteiger partial charge in [0.2, 0.25) is 10.0 Å². The van der Waals surface area contributed by atoms with Crippen LogP contribution in [0.1, 0.15) is 16.1 Å². The highest BCUT2D eigenvalue weighted by atomic mass is 32.2. The Hall–Kier alpha value is -3.21. The minimum Gasteiger partial charge on any atom is -0.471 e. The Labute approximate surface area is 186 Å². The van der Waals surface area contributed by atoms with Crippen LogP contribution < -0.4 is 10.1 Å². The summed E-state index contributed by atoms with van der Waals surface area (Å²) >= 11 is 0. The van der Waals surface area contributed by atoms with Gasteiger partial charge >= 0.3 is 0 Å². The fraction of sp³-hybridized carbons (Fsp3) is 0.273. The molecule has 1 amide bonds. The number of ether oxygens (including phenoxy) is 2. The number of aromatic nitrogens is 2. The number of carbonyl (C=O) groups excluding carboxylic acids is 1. The molecular weight excluding hydrogens is 432 g/mol. The van der Waals surface area contributed by atoms with Crippen molar-refractivity contribution in [3.8, 4) is 5.75 Å². The van der Waals surface area contributed by atoms with Gasteiger partial charge in [-0.2, -0.15) is 9.40 Å². The number of hydrogen-bond acceptors (Lipinski definition) is 6. The lowest BCUT2D eigenvalue weighted by Crippen LogP contribution is -2.40. The second-order valence-electron chi connectivity index (χ2n) is 7.27. The normalized spacial score (nSPS) is 14.8. The number of nitrogens with one attached hydrogen (secondary N) is 1. The SMILES string of the molecule is Cc1ccccc1OCn1ccc(C(=O)Nc2ccc(S(=O)(=O)N3CCOCC3)cc2)n1. The van der Waals surface area contributed by atoms with Crippen molar-refractivity contribution in [3.05, 3.63) is 72.1 Å². The first-order valence-corrected chi connectivity index (χ1v) is 11.6. The van der Waals surface area contributed by atoms with Crippen LogP contribution in [0, 0.1) is 6.92 Å². The van der Waals surface area contributed by atoms with E-state index in [0.29, 0.717) is 32.0 Å². The molecule has 1 aromatic heterocycles. The molecule has 2 aromatic carbocycles. The number of anilines is 1. The number of nitrogens with zero attached hydrogens (tertiary/aromatic N) is 3. The van der Waals surface area contributed by atoms with Crippen LogP contribution in [0.5, 0.6) is 5.75 Å². The highest BCUT2D eigenvalue weighted by Crippen LogP contribution is 2.20. The Morgan fingerprint density at radius 1 is 1.09 bits per heavy atom. The zero-order valence-electron chi connectivity index (χ0n) is 17.6. The number of rotatable bonds is 7. The summed E-state index contributed by atoms with van der Waals surface area (Å²) in [5.41, 5.74) is 1.71. The number of morpholine rings is 1. The lowest BCUT2D eigenvalue weighted by molar-refractivity contribution is 0.0730. The van der Waals surface area contributed by atoms with Gasteiger partial charge in [0.25, 0.3) is 5.91 Å². The molecule has 1 aliphatic rings. The van der Waals surface area contributed by atoms with Crippen molar-refractivity contribution in [1.29, 1.82) is 0 Å². The van der Waals surface area contributed by atoms with Gasteiger partial charge in [-0.1, -0.05) is 18.2 Å². The average Bonchev–Trinajstić information content (AvgIpc) is 3.29. The number of aryl methyl sites for hydroxylation is 1. The molecule has 10 heteroatoms. The van der Waals surface area contributed by atoms with E-state index in [1.165, 1.54) is 21.1 Å². The van der Waals surface area contributed by atoms with Gasteiger partial charge in [-0.3, -0.25) is 4.79 Å². The fourth-order valence-corrected chi connectivity index (χ4v) is 4.66. The predicted molar refractivity (Wildman–Crippen MR) is 118 cm³/mol. The Morgan fingerprint density at radius 3 is 2.53 bits per heavy atom. The number of carbonyl (C=O) groups is 1. The van der Waals surface area contributed by atoms with Gasteiger partial charge in [-0.25, -0.2) is 13.1 Å². The first kappa shape index (κ1) is 22.0. The smallest absolute Gasteiger partial charge is 0.276 e. The zero-order valence-corrected chi connectivity index (χ0v) is 18.4. The molecule has 0 radical (unpaired) electrons. The van der Waals surface area contributed by atoms with E-state index in [-0.39, 0.29) is 17.3 Å². The predicted octanol–water partition coefficient (Wildman–Crippen LogP) is 2.50. The standard InChI is InChI=1S/C22H24N4O5S/c1-17-4-2-3-5-21(17)31-16-25-11-10-20(24-25)22(27)23-18-6-8-19(9-7-18)32(28,29)26-12-14-30-15-13-26/h2-11H,12-16H2,1H3,(H,23,27). The van der Waals surface area contributed by atoms with Crippen molar-refractivity contribution in [2.75, 3.05) is 31.6 Å². The molecule has 0 bridgehead atoms. The van der Waals surface area contributed by atoms with Gasteiger partial charge in [0, 0.05) is 25.0 Å². The maximum atomic E-state index is 12.7. The van der Waals surface area contributed by atoms with Gasteiger partial charge in [-0.15, -0.1) is 0 Å². The summed E-state index contributed by atoms with van der Waals surface area (Å²) in [7, 11) is -3.58. The summed E-state index contributed by atoms with van der Waals surface area (Å²) in [5, 5.41) is 6.96. The molecule has 168 valence electrons. The van der Waals surface area contributed by atoms with Crippen LogP contribution in [-0.2, 0) is 21.5 Å². The summed E-state index contributed by atoms with van der Waals surface area (Å²) < 4.78 is 39.2. The van der Waals surface area contributed by atoms with Gasteiger partial charge in [0.1, 0.15) is 5.75 Å². The van der Waals surface area contributed by atoms with E-state index in [0.717, 1.165) is 11.3 Å². The number of sulfonamides is 1. The summed E-state index contributed by atoms with van der Waals surface area (Å²) in [4.78, 5) is 12.7. The molecule has 0 unspecified atom stereocenters. The molecule has 1 N–H and O–H groups in total. The van der Waals surface area contributed by atoms with E-state index in [4.69, 9.17) is 9.47 Å². The van der Waals surface area contributed by atoms with Crippen molar-refractivity contribution in [3.63, 3.8) is 0 Å². The summed E-state index contributed by atoms with van der Waals surface area (Å²) in [6, 6.07) is 15.3. The molecule has 9 nitrogen and oxygen atoms in total.